The second kappa shape index (κ2) is 12.9. The zero-order valence-electron chi connectivity index (χ0n) is 21.5. The van der Waals surface area contributed by atoms with Crippen LogP contribution >= 0.6 is 0 Å². The number of allylic oxidation sites excluding steroid dienone is 4. The van der Waals surface area contributed by atoms with Gasteiger partial charge >= 0.3 is 211 Å². The molecule has 0 heterocycles. The molecule has 0 bridgehead atoms. The summed E-state index contributed by atoms with van der Waals surface area (Å²) in [4.78, 5) is 0. The molecular weight excluding hydrogens is 563 g/mol. The maximum Gasteiger partial charge on any atom is -1.00 e. The molecule has 0 saturated carbocycles. The Bertz CT molecular complexity index is 1190. The van der Waals surface area contributed by atoms with Crippen molar-refractivity contribution in [3.8, 4) is 11.5 Å². The van der Waals surface area contributed by atoms with E-state index in [2.05, 4.69) is 115 Å². The van der Waals surface area contributed by atoms with E-state index in [9.17, 15) is 0 Å². The standard InChI is InChI=1S/C29H31O2Si.3ClH.Ti/c1-21-20-29(4,23(3)22(21)2)32(26-14-8-7-9-15-26,27-16-10-12-24(18-27)30-5)28-17-11-13-25(19-28)31-6;;;;/h7-19H,1-6H3;3*1H;/q;;;;+3/p-3. The molecule has 4 rings (SSSR count). The first kappa shape index (κ1) is 32.6. The van der Waals surface area contributed by atoms with Crippen LogP contribution in [0.1, 0.15) is 27.7 Å². The average Bonchev–Trinajstić information content (AvgIpc) is 3.01. The van der Waals surface area contributed by atoms with Crippen molar-refractivity contribution in [1.82, 2.24) is 0 Å². The zero-order valence-corrected chi connectivity index (χ0v) is 26.3. The van der Waals surface area contributed by atoms with Gasteiger partial charge in [-0.2, -0.15) is 0 Å². The third-order valence-corrected chi connectivity index (χ3v) is 15.1. The Morgan fingerprint density at radius 3 is 1.47 bits per heavy atom. The first-order chi connectivity index (χ1) is 15.8. The van der Waals surface area contributed by atoms with Crippen molar-refractivity contribution in [2.24, 2.45) is 0 Å². The molecule has 0 N–H and O–H groups in total. The van der Waals surface area contributed by atoms with Crippen LogP contribution < -0.4 is 62.3 Å². The van der Waals surface area contributed by atoms with Crippen molar-refractivity contribution >= 4 is 23.6 Å². The molecule has 1 aliphatic rings. The predicted octanol–water partition coefficient (Wildman–Crippen LogP) is -3.88. The number of halogens is 3. The van der Waals surface area contributed by atoms with E-state index in [4.69, 9.17) is 9.47 Å². The van der Waals surface area contributed by atoms with E-state index >= 15 is 0 Å². The molecule has 0 fully saturated rings. The molecule has 1 atom stereocenters. The summed E-state index contributed by atoms with van der Waals surface area (Å²) < 4.78 is 12.9. The summed E-state index contributed by atoms with van der Waals surface area (Å²) in [7, 11) is 0.801. The third-order valence-electron chi connectivity index (χ3n) is 7.71. The van der Waals surface area contributed by atoms with E-state index in [1.54, 1.807) is 14.2 Å². The number of hydrogen-bond acceptors (Lipinski definition) is 2. The maximum atomic E-state index is 5.73. The van der Waals surface area contributed by atoms with Crippen LogP contribution in [-0.2, 0) is 20.4 Å². The fourth-order valence-corrected chi connectivity index (χ4v) is 13.3. The van der Waals surface area contributed by atoms with E-state index < -0.39 is 8.07 Å². The van der Waals surface area contributed by atoms with Crippen molar-refractivity contribution in [3.63, 3.8) is 0 Å². The van der Waals surface area contributed by atoms with Crippen LogP contribution in [0, 0.1) is 0 Å². The van der Waals surface area contributed by atoms with Crippen molar-refractivity contribution in [1.29, 1.82) is 0 Å². The molecule has 36 heavy (non-hydrogen) atoms. The largest absolute Gasteiger partial charge is 1.00 e. The van der Waals surface area contributed by atoms with E-state index in [0.29, 0.717) is 0 Å². The summed E-state index contributed by atoms with van der Waals surface area (Å²) in [5.41, 5.74) is 4.28. The van der Waals surface area contributed by atoms with Crippen LogP contribution in [0.3, 0.4) is 0 Å². The van der Waals surface area contributed by atoms with Crippen molar-refractivity contribution in [3.05, 3.63) is 99.5 Å². The predicted molar refractivity (Wildman–Crippen MR) is 137 cm³/mol. The molecule has 1 aliphatic carbocycles. The molecule has 3 aromatic rings. The van der Waals surface area contributed by atoms with Crippen molar-refractivity contribution in [2.75, 3.05) is 14.2 Å². The quantitative estimate of drug-likeness (QED) is 0.215. The third kappa shape index (κ3) is 4.87. The molecule has 0 radical (unpaired) electrons. The number of rotatable bonds is 6. The zero-order chi connectivity index (χ0) is 23.8. The minimum absolute atomic E-state index is 0. The first-order valence-electron chi connectivity index (χ1n) is 11.3. The minimum Gasteiger partial charge on any atom is -1.00 e. The van der Waals surface area contributed by atoms with Gasteiger partial charge in [-0.15, -0.1) is 0 Å². The summed E-state index contributed by atoms with van der Waals surface area (Å²) in [5.74, 6) is 1.78. The monoisotopic (exact) mass is 592 g/mol. The molecule has 0 spiro atoms. The van der Waals surface area contributed by atoms with Gasteiger partial charge in [-0.1, -0.05) is 0 Å². The molecule has 0 aliphatic heterocycles. The van der Waals surface area contributed by atoms with Gasteiger partial charge in [-0.05, 0) is 0 Å². The molecule has 188 valence electrons. The second-order valence-corrected chi connectivity index (χ2v) is 14.0. The molecule has 2 nitrogen and oxygen atoms in total. The molecule has 0 aromatic heterocycles. The Morgan fingerprint density at radius 2 is 1.08 bits per heavy atom. The molecule has 0 amide bonds. The van der Waals surface area contributed by atoms with Crippen LogP contribution in [-0.4, -0.2) is 22.3 Å². The van der Waals surface area contributed by atoms with Crippen LogP contribution in [0.2, 0.25) is 5.04 Å². The molecule has 1 unspecified atom stereocenters. The fourth-order valence-electron chi connectivity index (χ4n) is 5.64. The average molecular weight is 594 g/mol. The van der Waals surface area contributed by atoms with Gasteiger partial charge in [0.2, 0.25) is 0 Å². The molecule has 3 aromatic carbocycles. The van der Waals surface area contributed by atoms with Gasteiger partial charge in [-0.25, -0.2) is 0 Å². The molecule has 0 saturated heterocycles. The Balaban J connectivity index is 0.00000216. The summed E-state index contributed by atoms with van der Waals surface area (Å²) in [6, 6.07) is 28.6. The normalized spacial score (nSPS) is 17.1. The van der Waals surface area contributed by atoms with Crippen molar-refractivity contribution in [2.45, 2.75) is 32.7 Å². The number of benzene rings is 3. The topological polar surface area (TPSA) is 18.5 Å². The van der Waals surface area contributed by atoms with Gasteiger partial charge in [0.15, 0.2) is 0 Å². The van der Waals surface area contributed by atoms with Crippen LogP contribution in [0.15, 0.2) is 99.5 Å². The Morgan fingerprint density at radius 1 is 0.639 bits per heavy atom. The van der Waals surface area contributed by atoms with Gasteiger partial charge in [0.25, 0.3) is 0 Å². The van der Waals surface area contributed by atoms with Gasteiger partial charge in [-0.3, -0.25) is 0 Å². The Labute approximate surface area is 247 Å². The van der Waals surface area contributed by atoms with Gasteiger partial charge in [0.05, 0.1) is 0 Å². The van der Waals surface area contributed by atoms with E-state index in [1.165, 1.54) is 36.2 Å². The SMILES string of the molecule is COc1cccc([Si](c2ccccc2)(c2cccc(OC)c2)C2(C)C(C)=C(C)C(C)=[C]2[Ti+3])c1.[Cl-].[Cl-].[Cl-]. The number of ether oxygens (including phenoxy) is 2. The number of hydrogen-bond donors (Lipinski definition) is 0. The first-order valence-corrected chi connectivity index (χ1v) is 14.1. The Hall–Kier alpha value is -1.46. The Kier molecular flexibility index (Phi) is 11.6. The van der Waals surface area contributed by atoms with Crippen LogP contribution in [0.4, 0.5) is 0 Å². The minimum atomic E-state index is -2.70. The fraction of sp³-hybridized carbons (Fsp3) is 0.241. The molecular formula is C29H31Cl3O2SiTi. The van der Waals surface area contributed by atoms with Gasteiger partial charge < -0.3 is 37.2 Å². The van der Waals surface area contributed by atoms with E-state index in [1.807, 2.05) is 12.1 Å². The second-order valence-electron chi connectivity index (χ2n) is 8.95. The summed E-state index contributed by atoms with van der Waals surface area (Å²) >= 11 is 2.33. The molecule has 7 heteroatoms. The van der Waals surface area contributed by atoms with Gasteiger partial charge in [0.1, 0.15) is 0 Å². The summed E-state index contributed by atoms with van der Waals surface area (Å²) in [6.07, 6.45) is 0. The van der Waals surface area contributed by atoms with Crippen LogP contribution in [0.5, 0.6) is 11.5 Å². The van der Waals surface area contributed by atoms with Gasteiger partial charge in [0, 0.05) is 0 Å². The summed E-state index contributed by atoms with van der Waals surface area (Å²) in [6.45, 7) is 9.36. The number of methoxy groups -OCH3 is 2. The summed E-state index contributed by atoms with van der Waals surface area (Å²) in [5, 5.41) is 3.91. The van der Waals surface area contributed by atoms with Crippen LogP contribution in [0.25, 0.3) is 0 Å². The smallest absolute Gasteiger partial charge is 1.00 e. The van der Waals surface area contributed by atoms with Crippen molar-refractivity contribution < 1.29 is 67.1 Å². The van der Waals surface area contributed by atoms with E-state index in [-0.39, 0.29) is 42.3 Å². The van der Waals surface area contributed by atoms with E-state index in [0.717, 1.165) is 11.5 Å². The maximum absolute atomic E-state index is 5.73.